The van der Waals surface area contributed by atoms with E-state index in [0.29, 0.717) is 6.42 Å². The van der Waals surface area contributed by atoms with Gasteiger partial charge in [-0.05, 0) is 18.9 Å². The summed E-state index contributed by atoms with van der Waals surface area (Å²) in [5.74, 6) is -0.296. The summed E-state index contributed by atoms with van der Waals surface area (Å²) in [4.78, 5) is 11.9. The van der Waals surface area contributed by atoms with Crippen molar-refractivity contribution in [2.24, 2.45) is 5.73 Å². The number of amides is 1. The normalized spacial score (nSPS) is 15.5. The average molecular weight is 248 g/mol. The highest BCUT2D eigenvalue weighted by Crippen LogP contribution is 2.19. The van der Waals surface area contributed by atoms with Crippen LogP contribution in [0.4, 0.5) is 0 Å². The highest BCUT2D eigenvalue weighted by atomic mass is 16.3. The van der Waals surface area contributed by atoms with Gasteiger partial charge in [-0.1, -0.05) is 36.4 Å². The van der Waals surface area contributed by atoms with Crippen LogP contribution < -0.4 is 11.1 Å². The molecular weight excluding hydrogens is 228 g/mol. The van der Waals surface area contributed by atoms with Crippen LogP contribution in [-0.4, -0.2) is 23.7 Å². The van der Waals surface area contributed by atoms with Gasteiger partial charge in [0.25, 0.3) is 0 Å². The van der Waals surface area contributed by atoms with Gasteiger partial charge >= 0.3 is 0 Å². The molecule has 1 aromatic carbocycles. The van der Waals surface area contributed by atoms with E-state index >= 15 is 0 Å². The number of rotatable bonds is 6. The maximum Gasteiger partial charge on any atom is 0.238 e. The van der Waals surface area contributed by atoms with Crippen molar-refractivity contribution in [1.29, 1.82) is 0 Å². The fraction of sp³-hybridized carbons (Fsp3) is 0.357. The number of hydrogen-bond donors (Lipinski definition) is 3. The lowest BCUT2D eigenvalue weighted by Gasteiger charge is -2.30. The molecule has 0 spiro atoms. The minimum absolute atomic E-state index is 0.191. The first-order chi connectivity index (χ1) is 8.53. The number of carbonyl (C=O) groups is 1. The summed E-state index contributed by atoms with van der Waals surface area (Å²) in [6, 6.07) is 8.67. The van der Waals surface area contributed by atoms with Crippen molar-refractivity contribution in [2.75, 3.05) is 6.61 Å². The Bertz CT molecular complexity index is 406. The smallest absolute Gasteiger partial charge is 0.238 e. The lowest BCUT2D eigenvalue weighted by atomic mass is 9.92. The van der Waals surface area contributed by atoms with Crippen molar-refractivity contribution in [1.82, 2.24) is 5.32 Å². The molecule has 0 aromatic heterocycles. The molecule has 4 nitrogen and oxygen atoms in total. The van der Waals surface area contributed by atoms with E-state index in [9.17, 15) is 9.90 Å². The van der Waals surface area contributed by atoms with Crippen LogP contribution in [0, 0.1) is 0 Å². The molecule has 0 radical (unpaired) electrons. The summed E-state index contributed by atoms with van der Waals surface area (Å²) in [6.07, 6.45) is 2.01. The third-order valence-electron chi connectivity index (χ3n) is 2.88. The largest absolute Gasteiger partial charge is 0.394 e. The van der Waals surface area contributed by atoms with Crippen LogP contribution in [-0.2, 0) is 10.3 Å². The van der Waals surface area contributed by atoms with Gasteiger partial charge in [0.05, 0.1) is 18.2 Å². The molecule has 18 heavy (non-hydrogen) atoms. The Kier molecular flexibility index (Phi) is 5.07. The molecule has 0 fully saturated rings. The minimum Gasteiger partial charge on any atom is -0.394 e. The van der Waals surface area contributed by atoms with Crippen LogP contribution in [0.3, 0.4) is 0 Å². The van der Waals surface area contributed by atoms with Crippen molar-refractivity contribution < 1.29 is 9.90 Å². The number of carbonyl (C=O) groups excluding carboxylic acids is 1. The van der Waals surface area contributed by atoms with Gasteiger partial charge in [-0.15, -0.1) is 6.58 Å². The van der Waals surface area contributed by atoms with Crippen LogP contribution in [0.1, 0.15) is 18.9 Å². The van der Waals surface area contributed by atoms with Gasteiger partial charge in [-0.3, -0.25) is 4.79 Å². The maximum absolute atomic E-state index is 11.9. The second-order valence-corrected chi connectivity index (χ2v) is 4.48. The molecule has 1 aromatic rings. The van der Waals surface area contributed by atoms with Crippen molar-refractivity contribution in [3.05, 3.63) is 48.6 Å². The van der Waals surface area contributed by atoms with E-state index in [1.165, 1.54) is 0 Å². The van der Waals surface area contributed by atoms with E-state index in [-0.39, 0.29) is 12.5 Å². The van der Waals surface area contributed by atoms with Crippen molar-refractivity contribution >= 4 is 5.91 Å². The van der Waals surface area contributed by atoms with Crippen LogP contribution in [0.25, 0.3) is 0 Å². The highest BCUT2D eigenvalue weighted by Gasteiger charge is 2.29. The van der Waals surface area contributed by atoms with E-state index in [1.54, 1.807) is 13.0 Å². The lowest BCUT2D eigenvalue weighted by Crippen LogP contribution is -2.52. The Morgan fingerprint density at radius 3 is 2.67 bits per heavy atom. The zero-order valence-electron chi connectivity index (χ0n) is 10.6. The zero-order chi connectivity index (χ0) is 13.6. The Morgan fingerprint density at radius 1 is 1.56 bits per heavy atom. The van der Waals surface area contributed by atoms with Crippen molar-refractivity contribution in [3.8, 4) is 0 Å². The second kappa shape index (κ2) is 6.33. The summed E-state index contributed by atoms with van der Waals surface area (Å²) in [5, 5.41) is 12.3. The fourth-order valence-electron chi connectivity index (χ4n) is 1.66. The number of aliphatic hydroxyl groups excluding tert-OH is 1. The number of nitrogens with one attached hydrogen (secondary N) is 1. The molecule has 4 N–H and O–H groups in total. The van der Waals surface area contributed by atoms with Gasteiger partial charge < -0.3 is 16.2 Å². The van der Waals surface area contributed by atoms with Gasteiger partial charge in [0.15, 0.2) is 0 Å². The fourth-order valence-corrected chi connectivity index (χ4v) is 1.66. The first-order valence-corrected chi connectivity index (χ1v) is 5.88. The van der Waals surface area contributed by atoms with Gasteiger partial charge in [0, 0.05) is 0 Å². The van der Waals surface area contributed by atoms with Crippen LogP contribution in [0.5, 0.6) is 0 Å². The summed E-state index contributed by atoms with van der Waals surface area (Å²) >= 11 is 0. The molecule has 2 atom stereocenters. The van der Waals surface area contributed by atoms with Gasteiger partial charge in [0.2, 0.25) is 5.91 Å². The van der Waals surface area contributed by atoms with E-state index in [0.717, 1.165) is 5.56 Å². The van der Waals surface area contributed by atoms with Crippen molar-refractivity contribution in [3.63, 3.8) is 0 Å². The van der Waals surface area contributed by atoms with Crippen LogP contribution in [0.15, 0.2) is 43.0 Å². The molecule has 0 saturated carbocycles. The number of nitrogens with two attached hydrogens (primary N) is 1. The average Bonchev–Trinajstić information content (AvgIpc) is 2.39. The predicted octanol–water partition coefficient (Wildman–Crippen LogP) is 0.914. The van der Waals surface area contributed by atoms with Crippen molar-refractivity contribution in [2.45, 2.75) is 24.9 Å². The number of aliphatic hydroxyl groups is 1. The monoisotopic (exact) mass is 248 g/mol. The Hall–Kier alpha value is -1.65. The first kappa shape index (κ1) is 14.4. The molecule has 0 aliphatic carbocycles. The van der Waals surface area contributed by atoms with Crippen LogP contribution >= 0.6 is 0 Å². The standard InChI is InChI=1S/C14H20N2O2/c1-3-7-12(15)13(18)16-14(2,10-17)11-8-5-4-6-9-11/h3-6,8-9,12,17H,1,7,10,15H2,2H3,(H,16,18). The summed E-state index contributed by atoms with van der Waals surface area (Å²) in [5.41, 5.74) is 5.72. The Balaban J connectivity index is 2.84. The first-order valence-electron chi connectivity index (χ1n) is 5.88. The van der Waals surface area contributed by atoms with Gasteiger partial charge in [-0.2, -0.15) is 0 Å². The molecular formula is C14H20N2O2. The maximum atomic E-state index is 11.9. The van der Waals surface area contributed by atoms with E-state index < -0.39 is 11.6 Å². The van der Waals surface area contributed by atoms with E-state index in [1.807, 2.05) is 30.3 Å². The Labute approximate surface area is 108 Å². The van der Waals surface area contributed by atoms with Gasteiger partial charge in [0.1, 0.15) is 0 Å². The molecule has 98 valence electrons. The molecule has 1 rings (SSSR count). The van der Waals surface area contributed by atoms with E-state index in [2.05, 4.69) is 11.9 Å². The minimum atomic E-state index is -0.822. The number of benzene rings is 1. The molecule has 0 saturated heterocycles. The van der Waals surface area contributed by atoms with Crippen LogP contribution in [0.2, 0.25) is 0 Å². The molecule has 0 heterocycles. The third-order valence-corrected chi connectivity index (χ3v) is 2.88. The molecule has 2 unspecified atom stereocenters. The second-order valence-electron chi connectivity index (χ2n) is 4.48. The topological polar surface area (TPSA) is 75.4 Å². The SMILES string of the molecule is C=CCC(N)C(=O)NC(C)(CO)c1ccccc1. The Morgan fingerprint density at radius 2 is 2.17 bits per heavy atom. The number of hydrogen-bond acceptors (Lipinski definition) is 3. The molecule has 0 bridgehead atoms. The molecule has 4 heteroatoms. The lowest BCUT2D eigenvalue weighted by molar-refractivity contribution is -0.124. The van der Waals surface area contributed by atoms with Gasteiger partial charge in [-0.25, -0.2) is 0 Å². The zero-order valence-corrected chi connectivity index (χ0v) is 10.6. The summed E-state index contributed by atoms with van der Waals surface area (Å²) < 4.78 is 0. The van der Waals surface area contributed by atoms with E-state index in [4.69, 9.17) is 5.73 Å². The summed E-state index contributed by atoms with van der Waals surface area (Å²) in [6.45, 7) is 5.12. The third kappa shape index (κ3) is 3.42. The molecule has 0 aliphatic rings. The molecule has 0 aliphatic heterocycles. The quantitative estimate of drug-likeness (QED) is 0.655. The highest BCUT2D eigenvalue weighted by molar-refractivity contribution is 5.82. The molecule has 1 amide bonds. The predicted molar refractivity (Wildman–Crippen MR) is 71.8 cm³/mol. The summed E-state index contributed by atoms with van der Waals surface area (Å²) in [7, 11) is 0.